The number of carboxylic acids is 1. The van der Waals surface area contributed by atoms with Gasteiger partial charge in [0.2, 0.25) is 0 Å². The minimum atomic E-state index is -1.13. The number of hydrogen-bond acceptors (Lipinski definition) is 3. The summed E-state index contributed by atoms with van der Waals surface area (Å²) in [5.41, 5.74) is 0.631. The predicted octanol–water partition coefficient (Wildman–Crippen LogP) is 2.01. The Balaban J connectivity index is 2.68. The van der Waals surface area contributed by atoms with Gasteiger partial charge < -0.3 is 9.52 Å². The molecule has 2 aromatic rings. The van der Waals surface area contributed by atoms with Crippen LogP contribution in [0, 0.1) is 0 Å². The van der Waals surface area contributed by atoms with E-state index in [1.165, 1.54) is 6.26 Å². The molecule has 0 fully saturated rings. The maximum atomic E-state index is 11.1. The highest BCUT2D eigenvalue weighted by Gasteiger charge is 2.20. The summed E-state index contributed by atoms with van der Waals surface area (Å²) in [5, 5.41) is 9.66. The first-order valence-corrected chi connectivity index (χ1v) is 6.36. The monoisotopic (exact) mass is 238 g/mol. The first-order chi connectivity index (χ1) is 7.59. The molecule has 0 saturated heterocycles. The third-order valence-electron chi connectivity index (χ3n) is 2.22. The molecule has 0 amide bonds. The normalized spacial score (nSPS) is 12.8. The number of carboxylic acid groups (broad SMARTS) is 1. The first-order valence-electron chi connectivity index (χ1n) is 4.63. The lowest BCUT2D eigenvalue weighted by Crippen LogP contribution is -2.01. The van der Waals surface area contributed by atoms with E-state index < -0.39 is 16.8 Å². The molecule has 0 spiro atoms. The molecular formula is C11H10O4S. The van der Waals surface area contributed by atoms with Crippen LogP contribution in [0.2, 0.25) is 0 Å². The van der Waals surface area contributed by atoms with Crippen molar-refractivity contribution in [3.63, 3.8) is 0 Å². The topological polar surface area (TPSA) is 67.5 Å². The number of hydrogen-bond donors (Lipinski definition) is 1. The van der Waals surface area contributed by atoms with Crippen molar-refractivity contribution < 1.29 is 18.5 Å². The van der Waals surface area contributed by atoms with E-state index in [4.69, 9.17) is 9.52 Å². The Labute approximate surface area is 94.3 Å². The number of rotatable bonds is 3. The zero-order chi connectivity index (χ0) is 11.7. The zero-order valence-electron chi connectivity index (χ0n) is 8.60. The molecule has 5 heteroatoms. The van der Waals surface area contributed by atoms with Crippen LogP contribution in [-0.4, -0.2) is 21.5 Å². The summed E-state index contributed by atoms with van der Waals surface area (Å²) >= 11 is 0. The van der Waals surface area contributed by atoms with E-state index in [0.29, 0.717) is 11.0 Å². The summed E-state index contributed by atoms with van der Waals surface area (Å²) in [7, 11) is -1.13. The van der Waals surface area contributed by atoms with Crippen molar-refractivity contribution in [2.24, 2.45) is 0 Å². The largest absolute Gasteiger partial charge is 0.478 e. The van der Waals surface area contributed by atoms with Crippen LogP contribution in [0.25, 0.3) is 11.0 Å². The van der Waals surface area contributed by atoms with Crippen molar-refractivity contribution in [1.29, 1.82) is 0 Å². The molecule has 0 saturated carbocycles. The van der Waals surface area contributed by atoms with E-state index in [-0.39, 0.29) is 17.1 Å². The van der Waals surface area contributed by atoms with Crippen molar-refractivity contribution in [3.8, 4) is 0 Å². The molecule has 0 bridgehead atoms. The fourth-order valence-electron chi connectivity index (χ4n) is 1.62. The number of carbonyl (C=O) groups is 1. The summed E-state index contributed by atoms with van der Waals surface area (Å²) in [4.78, 5) is 11.1. The van der Waals surface area contributed by atoms with E-state index >= 15 is 0 Å². The van der Waals surface area contributed by atoms with Crippen molar-refractivity contribution in [3.05, 3.63) is 35.6 Å². The molecule has 1 aromatic heterocycles. The van der Waals surface area contributed by atoms with Crippen molar-refractivity contribution in [1.82, 2.24) is 0 Å². The van der Waals surface area contributed by atoms with Crippen molar-refractivity contribution in [2.45, 2.75) is 5.75 Å². The van der Waals surface area contributed by atoms with Crippen LogP contribution in [-0.2, 0) is 16.6 Å². The summed E-state index contributed by atoms with van der Waals surface area (Å²) in [6.07, 6.45) is 1.51. The van der Waals surface area contributed by atoms with E-state index in [2.05, 4.69) is 0 Å². The highest BCUT2D eigenvalue weighted by molar-refractivity contribution is 7.83. The average molecular weight is 238 g/mol. The Bertz CT molecular complexity index is 570. The van der Waals surface area contributed by atoms with Gasteiger partial charge in [0.05, 0.1) is 5.75 Å². The predicted molar refractivity (Wildman–Crippen MR) is 60.9 cm³/mol. The third-order valence-corrected chi connectivity index (χ3v) is 2.89. The molecule has 84 valence electrons. The van der Waals surface area contributed by atoms with Crippen LogP contribution in [0.4, 0.5) is 0 Å². The van der Waals surface area contributed by atoms with Gasteiger partial charge in [-0.1, -0.05) is 18.2 Å². The first kappa shape index (κ1) is 10.9. The van der Waals surface area contributed by atoms with Crippen LogP contribution in [0.3, 0.4) is 0 Å². The molecule has 4 nitrogen and oxygen atoms in total. The molecule has 1 atom stereocenters. The van der Waals surface area contributed by atoms with Crippen molar-refractivity contribution >= 4 is 27.7 Å². The van der Waals surface area contributed by atoms with Gasteiger partial charge in [0.25, 0.3) is 0 Å². The van der Waals surface area contributed by atoms with Crippen LogP contribution < -0.4 is 0 Å². The molecule has 1 heterocycles. The molecule has 1 unspecified atom stereocenters. The zero-order valence-corrected chi connectivity index (χ0v) is 9.41. The lowest BCUT2D eigenvalue weighted by molar-refractivity contribution is 0.0697. The Kier molecular flexibility index (Phi) is 2.78. The van der Waals surface area contributed by atoms with Gasteiger partial charge in [0.15, 0.2) is 0 Å². The molecule has 16 heavy (non-hydrogen) atoms. The minimum absolute atomic E-state index is 0.116. The van der Waals surface area contributed by atoms with Crippen LogP contribution in [0.1, 0.15) is 16.1 Å². The molecular weight excluding hydrogens is 228 g/mol. The van der Waals surface area contributed by atoms with Gasteiger partial charge in [-0.25, -0.2) is 4.79 Å². The molecule has 1 N–H and O–H groups in total. The van der Waals surface area contributed by atoms with E-state index in [1.807, 2.05) is 0 Å². The van der Waals surface area contributed by atoms with Gasteiger partial charge in [-0.15, -0.1) is 0 Å². The molecule has 2 rings (SSSR count). The highest BCUT2D eigenvalue weighted by Crippen LogP contribution is 2.26. The summed E-state index contributed by atoms with van der Waals surface area (Å²) < 4.78 is 16.5. The summed E-state index contributed by atoms with van der Waals surface area (Å²) in [5.74, 6) is -0.656. The Hall–Kier alpha value is -1.62. The van der Waals surface area contributed by atoms with E-state index in [0.717, 1.165) is 0 Å². The fourth-order valence-corrected chi connectivity index (χ4v) is 2.19. The molecule has 0 aliphatic rings. The SMILES string of the molecule is CS(=O)Cc1oc2ccccc2c1C(=O)O. The van der Waals surface area contributed by atoms with Gasteiger partial charge >= 0.3 is 5.97 Å². The molecule has 0 aliphatic heterocycles. The minimum Gasteiger partial charge on any atom is -0.478 e. The van der Waals surface area contributed by atoms with E-state index in [1.54, 1.807) is 24.3 Å². The van der Waals surface area contributed by atoms with Crippen LogP contribution in [0.5, 0.6) is 0 Å². The number of furan rings is 1. The standard InChI is InChI=1S/C11H10O4S/c1-16(14)6-9-10(11(12)13)7-4-2-3-5-8(7)15-9/h2-5H,6H2,1H3,(H,12,13). The van der Waals surface area contributed by atoms with Gasteiger partial charge in [0.1, 0.15) is 16.9 Å². The number of para-hydroxylation sites is 1. The Morgan fingerprint density at radius 1 is 1.44 bits per heavy atom. The van der Waals surface area contributed by atoms with Gasteiger partial charge in [0, 0.05) is 22.4 Å². The quantitative estimate of drug-likeness (QED) is 0.888. The number of benzene rings is 1. The maximum Gasteiger partial charge on any atom is 0.339 e. The summed E-state index contributed by atoms with van der Waals surface area (Å²) in [6, 6.07) is 6.90. The lowest BCUT2D eigenvalue weighted by atomic mass is 10.1. The molecule has 1 aromatic carbocycles. The second-order valence-corrected chi connectivity index (χ2v) is 4.85. The van der Waals surface area contributed by atoms with Gasteiger partial charge in [-0.3, -0.25) is 4.21 Å². The Morgan fingerprint density at radius 2 is 2.12 bits per heavy atom. The molecule has 0 radical (unpaired) electrons. The maximum absolute atomic E-state index is 11.1. The van der Waals surface area contributed by atoms with E-state index in [9.17, 15) is 9.00 Å². The lowest BCUT2D eigenvalue weighted by Gasteiger charge is -1.95. The van der Waals surface area contributed by atoms with Gasteiger partial charge in [-0.05, 0) is 6.07 Å². The van der Waals surface area contributed by atoms with Crippen molar-refractivity contribution in [2.75, 3.05) is 6.26 Å². The molecule has 0 aliphatic carbocycles. The van der Waals surface area contributed by atoms with Gasteiger partial charge in [-0.2, -0.15) is 0 Å². The fraction of sp³-hybridized carbons (Fsp3) is 0.182. The Morgan fingerprint density at radius 3 is 2.75 bits per heavy atom. The summed E-state index contributed by atoms with van der Waals surface area (Å²) in [6.45, 7) is 0. The number of aromatic carboxylic acids is 1. The highest BCUT2D eigenvalue weighted by atomic mass is 32.2. The average Bonchev–Trinajstić information content (AvgIpc) is 2.53. The second-order valence-electron chi connectivity index (χ2n) is 3.42. The third kappa shape index (κ3) is 1.86. The second kappa shape index (κ2) is 4.09. The smallest absolute Gasteiger partial charge is 0.339 e. The van der Waals surface area contributed by atoms with Crippen LogP contribution >= 0.6 is 0 Å². The number of fused-ring (bicyclic) bond motifs is 1. The van der Waals surface area contributed by atoms with Crippen LogP contribution in [0.15, 0.2) is 28.7 Å².